The zero-order valence-corrected chi connectivity index (χ0v) is 9.65. The van der Waals surface area contributed by atoms with Crippen molar-refractivity contribution in [3.05, 3.63) is 18.2 Å². The summed E-state index contributed by atoms with van der Waals surface area (Å²) in [6.45, 7) is 0. The van der Waals surface area contributed by atoms with Gasteiger partial charge in [0.25, 0.3) is 0 Å². The second-order valence-corrected chi connectivity index (χ2v) is 2.34. The molecule has 0 saturated heterocycles. The molecular weight excluding hydrogens is 240 g/mol. The number of hydrogen-bond donors (Lipinski definition) is 6. The Balaban J connectivity index is -0.000000210. The van der Waals surface area contributed by atoms with Crippen molar-refractivity contribution < 1.29 is 14.4 Å². The van der Waals surface area contributed by atoms with Gasteiger partial charge >= 0.3 is 0 Å². The Labute approximate surface area is 104 Å². The van der Waals surface area contributed by atoms with Gasteiger partial charge in [-0.25, -0.2) is 0 Å². The van der Waals surface area contributed by atoms with Crippen molar-refractivity contribution >= 4 is 36.3 Å². The van der Waals surface area contributed by atoms with E-state index in [0.717, 1.165) is 0 Å². The molecule has 9 heteroatoms. The highest BCUT2D eigenvalue weighted by Crippen LogP contribution is 2.14. The number of nitrogens with two attached hydrogens (primary N) is 6. The van der Waals surface area contributed by atoms with Gasteiger partial charge in [-0.1, -0.05) is 0 Å². The summed E-state index contributed by atoms with van der Waals surface area (Å²) >= 11 is 0. The largest absolute Gasteiger partial charge is 0.399 e. The highest BCUT2D eigenvalue weighted by atomic mass is 16.1. The maximum Gasteiger partial charge on any atom is 0.204 e. The highest BCUT2D eigenvalue weighted by Gasteiger charge is 1.89. The lowest BCUT2D eigenvalue weighted by molar-refractivity contribution is -0.107. The molecule has 102 valence electrons. The average Bonchev–Trinajstić information content (AvgIpc) is 2.18. The molecule has 0 aliphatic rings. The second-order valence-electron chi connectivity index (χ2n) is 2.34. The van der Waals surface area contributed by atoms with E-state index in [1.54, 1.807) is 18.2 Å². The summed E-state index contributed by atoms with van der Waals surface area (Å²) < 4.78 is 0. The third kappa shape index (κ3) is 23.1. The zero-order chi connectivity index (χ0) is 15.0. The van der Waals surface area contributed by atoms with Crippen LogP contribution in [0, 0.1) is 0 Å². The first-order valence-electron chi connectivity index (χ1n) is 4.31. The molecule has 1 rings (SSSR count). The molecule has 0 aliphatic carbocycles. The average molecular weight is 258 g/mol. The lowest BCUT2D eigenvalue weighted by Gasteiger charge is -1.97. The van der Waals surface area contributed by atoms with Crippen molar-refractivity contribution in [2.75, 3.05) is 17.2 Å². The minimum absolute atomic E-state index is 0.250. The minimum atomic E-state index is 0.250. The molecule has 18 heavy (non-hydrogen) atoms. The van der Waals surface area contributed by atoms with Crippen LogP contribution >= 0.6 is 0 Å². The van der Waals surface area contributed by atoms with Crippen molar-refractivity contribution in [3.63, 3.8) is 0 Å². The summed E-state index contributed by atoms with van der Waals surface area (Å²) in [4.78, 5) is 25.8. The lowest BCUT2D eigenvalue weighted by atomic mass is 10.2. The molecule has 1 aromatic rings. The number of nitrogen functional groups attached to an aromatic ring is 3. The SMILES string of the molecule is NC=O.NC=O.NC=O.Nc1cc(N)cc(N)c1. The van der Waals surface area contributed by atoms with Gasteiger partial charge in [-0.15, -0.1) is 0 Å². The lowest BCUT2D eigenvalue weighted by Crippen LogP contribution is -1.93. The molecule has 0 aromatic heterocycles. The van der Waals surface area contributed by atoms with Gasteiger partial charge in [0.2, 0.25) is 19.2 Å². The van der Waals surface area contributed by atoms with Crippen molar-refractivity contribution in [3.8, 4) is 0 Å². The molecule has 0 radical (unpaired) electrons. The maximum atomic E-state index is 8.58. The quantitative estimate of drug-likeness (QED) is 0.223. The summed E-state index contributed by atoms with van der Waals surface area (Å²) in [5.41, 5.74) is 30.5. The van der Waals surface area contributed by atoms with E-state index in [4.69, 9.17) is 31.6 Å². The fourth-order valence-corrected chi connectivity index (χ4v) is 0.702. The molecule has 1 aromatic carbocycles. The molecular formula is C9H18N6O3. The molecule has 0 atom stereocenters. The molecule has 9 nitrogen and oxygen atoms in total. The summed E-state index contributed by atoms with van der Waals surface area (Å²) in [6, 6.07) is 4.99. The number of carbonyl (C=O) groups is 3. The molecule has 0 unspecified atom stereocenters. The fraction of sp³-hybridized carbons (Fsp3) is 0. The Morgan fingerprint density at radius 3 is 0.833 bits per heavy atom. The Hall–Kier alpha value is -2.97. The first-order chi connectivity index (χ1) is 8.42. The molecule has 0 heterocycles. The Morgan fingerprint density at radius 2 is 0.722 bits per heavy atom. The molecule has 0 spiro atoms. The van der Waals surface area contributed by atoms with Crippen LogP contribution in [-0.4, -0.2) is 19.2 Å². The molecule has 0 saturated carbocycles. The third-order valence-corrected chi connectivity index (χ3v) is 1.00. The number of primary amides is 3. The van der Waals surface area contributed by atoms with Crippen LogP contribution in [0.3, 0.4) is 0 Å². The van der Waals surface area contributed by atoms with E-state index in [1.807, 2.05) is 0 Å². The summed E-state index contributed by atoms with van der Waals surface area (Å²) in [7, 11) is 0. The highest BCUT2D eigenvalue weighted by molar-refractivity contribution is 5.61. The number of benzene rings is 1. The Kier molecular flexibility index (Phi) is 18.7. The minimum Gasteiger partial charge on any atom is -0.399 e. The van der Waals surface area contributed by atoms with Gasteiger partial charge in [0.05, 0.1) is 0 Å². The third-order valence-electron chi connectivity index (χ3n) is 1.00. The van der Waals surface area contributed by atoms with Gasteiger partial charge < -0.3 is 34.4 Å². The predicted molar refractivity (Wildman–Crippen MR) is 70.4 cm³/mol. The smallest absolute Gasteiger partial charge is 0.204 e. The van der Waals surface area contributed by atoms with Crippen molar-refractivity contribution in [2.45, 2.75) is 0 Å². The fourth-order valence-electron chi connectivity index (χ4n) is 0.702. The van der Waals surface area contributed by atoms with E-state index in [2.05, 4.69) is 17.2 Å². The van der Waals surface area contributed by atoms with Crippen LogP contribution in [0.25, 0.3) is 0 Å². The van der Waals surface area contributed by atoms with Crippen molar-refractivity contribution in [1.29, 1.82) is 0 Å². The Bertz CT molecular complexity index is 280. The van der Waals surface area contributed by atoms with Crippen LogP contribution in [0.4, 0.5) is 17.1 Å². The number of carbonyl (C=O) groups excluding carboxylic acids is 3. The van der Waals surface area contributed by atoms with E-state index < -0.39 is 0 Å². The number of rotatable bonds is 0. The molecule has 12 N–H and O–H groups in total. The van der Waals surface area contributed by atoms with Crippen LogP contribution in [-0.2, 0) is 14.4 Å². The monoisotopic (exact) mass is 258 g/mol. The van der Waals surface area contributed by atoms with E-state index in [-0.39, 0.29) is 19.2 Å². The van der Waals surface area contributed by atoms with E-state index >= 15 is 0 Å². The van der Waals surface area contributed by atoms with Gasteiger partial charge in [-0.3, -0.25) is 14.4 Å². The zero-order valence-electron chi connectivity index (χ0n) is 9.65. The van der Waals surface area contributed by atoms with Gasteiger partial charge in [0.15, 0.2) is 0 Å². The number of anilines is 3. The summed E-state index contributed by atoms with van der Waals surface area (Å²) in [5, 5.41) is 0. The molecule has 3 amide bonds. The molecule has 0 fully saturated rings. The van der Waals surface area contributed by atoms with Gasteiger partial charge in [-0.2, -0.15) is 0 Å². The topological polar surface area (TPSA) is 207 Å². The van der Waals surface area contributed by atoms with Gasteiger partial charge in [0, 0.05) is 17.1 Å². The van der Waals surface area contributed by atoms with Crippen molar-refractivity contribution in [2.24, 2.45) is 17.2 Å². The maximum absolute atomic E-state index is 8.58. The normalized spacial score (nSPS) is 6.67. The van der Waals surface area contributed by atoms with Crippen LogP contribution in [0.5, 0.6) is 0 Å². The van der Waals surface area contributed by atoms with Crippen LogP contribution in [0.1, 0.15) is 0 Å². The summed E-state index contributed by atoms with van der Waals surface area (Å²) in [6.07, 6.45) is 0.750. The van der Waals surface area contributed by atoms with Gasteiger partial charge in [0.1, 0.15) is 0 Å². The molecule has 0 aliphatic heterocycles. The van der Waals surface area contributed by atoms with E-state index in [1.165, 1.54) is 0 Å². The summed E-state index contributed by atoms with van der Waals surface area (Å²) in [5.74, 6) is 0. The number of hydrogen-bond acceptors (Lipinski definition) is 6. The van der Waals surface area contributed by atoms with E-state index in [9.17, 15) is 0 Å². The first-order valence-corrected chi connectivity index (χ1v) is 4.31. The first kappa shape index (κ1) is 20.4. The van der Waals surface area contributed by atoms with Crippen LogP contribution < -0.4 is 34.4 Å². The second kappa shape index (κ2) is 16.5. The standard InChI is InChI=1S/C6H9N3.3CH3NO/c7-4-1-5(8)3-6(9)2-4;3*2-1-3/h1-3H,7-9H2;3*1H,(H2,2,3). The van der Waals surface area contributed by atoms with Gasteiger partial charge in [-0.05, 0) is 18.2 Å². The van der Waals surface area contributed by atoms with Crippen molar-refractivity contribution in [1.82, 2.24) is 0 Å². The number of amides is 3. The van der Waals surface area contributed by atoms with Crippen LogP contribution in [0.2, 0.25) is 0 Å². The molecule has 0 bridgehead atoms. The predicted octanol–water partition coefficient (Wildman–Crippen LogP) is -2.26. The Morgan fingerprint density at radius 1 is 0.611 bits per heavy atom. The van der Waals surface area contributed by atoms with E-state index in [0.29, 0.717) is 17.1 Å². The van der Waals surface area contributed by atoms with Crippen LogP contribution in [0.15, 0.2) is 18.2 Å².